The van der Waals surface area contributed by atoms with Crippen LogP contribution in [0.15, 0.2) is 23.4 Å². The van der Waals surface area contributed by atoms with Crippen LogP contribution in [0.4, 0.5) is 5.69 Å². The van der Waals surface area contributed by atoms with Gasteiger partial charge >= 0.3 is 11.7 Å². The van der Waals surface area contributed by atoms with Crippen LogP contribution in [0.25, 0.3) is 0 Å². The fourth-order valence-electron chi connectivity index (χ4n) is 2.40. The topological polar surface area (TPSA) is 123 Å². The van der Waals surface area contributed by atoms with Gasteiger partial charge in [-0.2, -0.15) is 0 Å². The lowest BCUT2D eigenvalue weighted by atomic mass is 9.95. The molecule has 1 aliphatic rings. The highest BCUT2D eigenvalue weighted by Gasteiger charge is 2.33. The van der Waals surface area contributed by atoms with Crippen LogP contribution in [0.3, 0.4) is 0 Å². The van der Waals surface area contributed by atoms with Gasteiger partial charge < -0.3 is 25.2 Å². The Morgan fingerprint density at radius 2 is 2.08 bits per heavy atom. The van der Waals surface area contributed by atoms with Crippen molar-refractivity contribution in [3.8, 4) is 11.5 Å². The average molecular weight is 353 g/mol. The Hall–Kier alpha value is -2.88. The van der Waals surface area contributed by atoms with E-state index < -0.39 is 28.4 Å². The number of rotatable bonds is 4. The molecular weight excluding hydrogens is 338 g/mol. The largest absolute Gasteiger partial charge is 0.500 e. The van der Waals surface area contributed by atoms with Gasteiger partial charge in [0.15, 0.2) is 10.9 Å². The van der Waals surface area contributed by atoms with Gasteiger partial charge in [-0.15, -0.1) is 0 Å². The van der Waals surface area contributed by atoms with E-state index >= 15 is 0 Å². The Labute approximate surface area is 142 Å². The second-order valence-electron chi connectivity index (χ2n) is 4.91. The van der Waals surface area contributed by atoms with Gasteiger partial charge in [0, 0.05) is 11.8 Å². The summed E-state index contributed by atoms with van der Waals surface area (Å²) in [7, 11) is 2.50. The number of allylic oxidation sites excluding steroid dienone is 1. The van der Waals surface area contributed by atoms with E-state index in [2.05, 4.69) is 10.6 Å². The summed E-state index contributed by atoms with van der Waals surface area (Å²) in [6, 6.07) is 1.75. The third-order valence-corrected chi connectivity index (χ3v) is 3.72. The average Bonchev–Trinajstić information content (AvgIpc) is 2.53. The number of hydrogen-bond donors (Lipinski definition) is 3. The number of nitro groups is 1. The van der Waals surface area contributed by atoms with E-state index in [1.807, 2.05) is 0 Å². The molecule has 0 aromatic heterocycles. The number of hydrogen-bond acceptors (Lipinski definition) is 7. The first-order valence-corrected chi connectivity index (χ1v) is 7.12. The predicted octanol–water partition coefficient (Wildman–Crippen LogP) is 1.27. The van der Waals surface area contributed by atoms with Gasteiger partial charge in [0.1, 0.15) is 0 Å². The molecule has 0 spiro atoms. The van der Waals surface area contributed by atoms with E-state index in [1.165, 1.54) is 20.3 Å². The highest BCUT2D eigenvalue weighted by molar-refractivity contribution is 7.80. The van der Waals surface area contributed by atoms with Crippen molar-refractivity contribution in [3.63, 3.8) is 0 Å². The van der Waals surface area contributed by atoms with Gasteiger partial charge in [-0.3, -0.25) is 10.1 Å². The quantitative estimate of drug-likeness (QED) is 0.318. The molecule has 0 aliphatic carbocycles. The lowest BCUT2D eigenvalue weighted by Gasteiger charge is -2.29. The predicted molar refractivity (Wildman–Crippen MR) is 87.6 cm³/mol. The number of esters is 1. The molecule has 0 bridgehead atoms. The van der Waals surface area contributed by atoms with Crippen molar-refractivity contribution < 1.29 is 24.3 Å². The number of thiocarbonyl (C=S) groups is 1. The maximum atomic E-state index is 12.1. The minimum atomic E-state index is -0.792. The van der Waals surface area contributed by atoms with E-state index in [1.54, 1.807) is 6.92 Å². The fourth-order valence-corrected chi connectivity index (χ4v) is 2.67. The summed E-state index contributed by atoms with van der Waals surface area (Å²) in [4.78, 5) is 22.5. The number of nitrogens with zero attached hydrogens (tertiary/aromatic N) is 1. The van der Waals surface area contributed by atoms with Crippen molar-refractivity contribution in [1.29, 1.82) is 0 Å². The van der Waals surface area contributed by atoms with Crippen LogP contribution in [-0.2, 0) is 9.53 Å². The molecule has 0 saturated heterocycles. The van der Waals surface area contributed by atoms with Crippen LogP contribution in [0.5, 0.6) is 11.5 Å². The summed E-state index contributed by atoms with van der Waals surface area (Å²) < 4.78 is 9.75. The Morgan fingerprint density at radius 3 is 2.62 bits per heavy atom. The summed E-state index contributed by atoms with van der Waals surface area (Å²) in [5.41, 5.74) is 0.454. The molecule has 1 heterocycles. The SMILES string of the molecule is COC(=O)C1=C(C)NC(=S)NC1c1cc(OC)c(O)c([N+](=O)[O-])c1. The molecule has 2 rings (SSSR count). The van der Waals surface area contributed by atoms with Crippen molar-refractivity contribution in [3.05, 3.63) is 39.1 Å². The number of carbonyl (C=O) groups is 1. The first kappa shape index (κ1) is 17.5. The number of nitro benzene ring substituents is 1. The van der Waals surface area contributed by atoms with E-state index in [4.69, 9.17) is 21.7 Å². The van der Waals surface area contributed by atoms with Gasteiger partial charge in [0.25, 0.3) is 0 Å². The molecule has 0 amide bonds. The number of methoxy groups -OCH3 is 2. The summed E-state index contributed by atoms with van der Waals surface area (Å²) >= 11 is 5.08. The molecule has 1 unspecified atom stereocenters. The monoisotopic (exact) mass is 353 g/mol. The van der Waals surface area contributed by atoms with E-state index in [0.29, 0.717) is 11.3 Å². The maximum Gasteiger partial charge on any atom is 0.337 e. The normalized spacial score (nSPS) is 17.0. The van der Waals surface area contributed by atoms with Crippen molar-refractivity contribution in [2.75, 3.05) is 14.2 Å². The lowest BCUT2D eigenvalue weighted by Crippen LogP contribution is -2.45. The Bertz CT molecular complexity index is 761. The molecule has 128 valence electrons. The molecule has 0 saturated carbocycles. The molecule has 3 N–H and O–H groups in total. The highest BCUT2D eigenvalue weighted by Crippen LogP contribution is 2.40. The van der Waals surface area contributed by atoms with E-state index in [-0.39, 0.29) is 16.4 Å². The van der Waals surface area contributed by atoms with Crippen LogP contribution >= 0.6 is 12.2 Å². The van der Waals surface area contributed by atoms with Gasteiger partial charge in [0.2, 0.25) is 5.75 Å². The highest BCUT2D eigenvalue weighted by atomic mass is 32.1. The van der Waals surface area contributed by atoms with Gasteiger partial charge in [0.05, 0.1) is 30.8 Å². The summed E-state index contributed by atoms with van der Waals surface area (Å²) in [6.45, 7) is 1.64. The third kappa shape index (κ3) is 3.08. The van der Waals surface area contributed by atoms with Crippen molar-refractivity contribution in [2.24, 2.45) is 0 Å². The first-order chi connectivity index (χ1) is 11.3. The van der Waals surface area contributed by atoms with Crippen molar-refractivity contribution in [2.45, 2.75) is 13.0 Å². The Kier molecular flexibility index (Phi) is 4.88. The van der Waals surface area contributed by atoms with Crippen molar-refractivity contribution >= 4 is 29.0 Å². The maximum absolute atomic E-state index is 12.1. The van der Waals surface area contributed by atoms with Gasteiger partial charge in [-0.25, -0.2) is 4.79 Å². The number of nitrogens with one attached hydrogen (secondary N) is 2. The molecule has 1 aromatic carbocycles. The first-order valence-electron chi connectivity index (χ1n) is 6.72. The molecule has 1 atom stereocenters. The number of phenols is 1. The van der Waals surface area contributed by atoms with Gasteiger partial charge in [-0.05, 0) is 30.8 Å². The van der Waals surface area contributed by atoms with E-state index in [9.17, 15) is 20.0 Å². The van der Waals surface area contributed by atoms with Crippen LogP contribution in [0.1, 0.15) is 18.5 Å². The molecule has 1 aliphatic heterocycles. The van der Waals surface area contributed by atoms with Crippen LogP contribution in [-0.4, -0.2) is 35.3 Å². The second-order valence-corrected chi connectivity index (χ2v) is 5.32. The fraction of sp³-hybridized carbons (Fsp3) is 0.286. The zero-order chi connectivity index (χ0) is 18.0. The number of phenolic OH excluding ortho intramolecular Hbond substituents is 1. The second kappa shape index (κ2) is 6.71. The molecule has 1 aromatic rings. The number of ether oxygens (including phenoxy) is 2. The Morgan fingerprint density at radius 1 is 1.42 bits per heavy atom. The van der Waals surface area contributed by atoms with Gasteiger partial charge in [-0.1, -0.05) is 0 Å². The minimum absolute atomic E-state index is 0.0904. The smallest absolute Gasteiger partial charge is 0.337 e. The van der Waals surface area contributed by atoms with Crippen LogP contribution < -0.4 is 15.4 Å². The lowest BCUT2D eigenvalue weighted by molar-refractivity contribution is -0.386. The zero-order valence-electron chi connectivity index (χ0n) is 13.1. The molecule has 24 heavy (non-hydrogen) atoms. The summed E-state index contributed by atoms with van der Waals surface area (Å²) in [5, 5.41) is 27.0. The van der Waals surface area contributed by atoms with Crippen LogP contribution in [0.2, 0.25) is 0 Å². The molecule has 10 heteroatoms. The zero-order valence-corrected chi connectivity index (χ0v) is 13.9. The molecular formula is C14H15N3O6S. The molecule has 9 nitrogen and oxygen atoms in total. The van der Waals surface area contributed by atoms with Crippen molar-refractivity contribution in [1.82, 2.24) is 10.6 Å². The Balaban J connectivity index is 2.66. The number of carbonyl (C=O) groups excluding carboxylic acids is 1. The number of benzene rings is 1. The van der Waals surface area contributed by atoms with E-state index in [0.717, 1.165) is 6.07 Å². The molecule has 0 fully saturated rings. The summed E-state index contributed by atoms with van der Waals surface area (Å²) in [5.74, 6) is -1.30. The number of aromatic hydroxyl groups is 1. The third-order valence-electron chi connectivity index (χ3n) is 3.50. The molecule has 0 radical (unpaired) electrons. The van der Waals surface area contributed by atoms with Crippen LogP contribution in [0, 0.1) is 10.1 Å². The summed E-state index contributed by atoms with van der Waals surface area (Å²) in [6.07, 6.45) is 0. The minimum Gasteiger partial charge on any atom is -0.500 e. The standard InChI is InChI=1S/C14H15N3O6S/c1-6-10(13(19)23-3)11(16-14(24)15-6)7-4-8(17(20)21)12(18)9(5-7)22-2/h4-5,11,18H,1-3H3,(H2,15,16,24).